The summed E-state index contributed by atoms with van der Waals surface area (Å²) in [5.74, 6) is 0.849. The van der Waals surface area contributed by atoms with E-state index >= 15 is 0 Å². The quantitative estimate of drug-likeness (QED) is 0.0676. The molecular weight excluding hydrogens is 1060 g/mol. The highest BCUT2D eigenvalue weighted by molar-refractivity contribution is 7.80. The van der Waals surface area contributed by atoms with Crippen LogP contribution in [-0.2, 0) is 13.3 Å². The van der Waals surface area contributed by atoms with Gasteiger partial charge in [0.15, 0.2) is 0 Å². The second kappa shape index (κ2) is 13.5. The van der Waals surface area contributed by atoms with E-state index in [1.165, 1.54) is 259 Å². The normalized spacial score (nSPS) is 14.4. The molecule has 0 aromatic heterocycles. The van der Waals surface area contributed by atoms with Gasteiger partial charge in [-0.05, 0) is 364 Å². The SMILES string of the molecule is CCO[Si](CCCS)(OCC)OCC.c1cc2cc3cc4cc5ccc6cc7cc8cc9cccc%10cc%11cc%12cc%13ccc%14cc%15cc%16cc(c1)c2c1c3c2c4c3c5c6c4c7c5c8c(c9%10)c%11c6c%12c7c%13c%14c8c%15c(c%161)c2c1c3c4c(c56)c7c81. The minimum atomic E-state index is -2.37. The van der Waals surface area contributed by atoms with E-state index in [9.17, 15) is 0 Å². The fourth-order valence-corrected chi connectivity index (χ4v) is 23.0. The van der Waals surface area contributed by atoms with E-state index in [2.05, 4.69) is 146 Å². The Labute approximate surface area is 482 Å². The van der Waals surface area contributed by atoms with Gasteiger partial charge in [0.1, 0.15) is 0 Å². The van der Waals surface area contributed by atoms with Crippen LogP contribution < -0.4 is 0 Å². The third-order valence-electron chi connectivity index (χ3n) is 22.1. The van der Waals surface area contributed by atoms with Gasteiger partial charge in [0.05, 0.1) is 0 Å². The van der Waals surface area contributed by atoms with Crippen LogP contribution in [0.3, 0.4) is 0 Å². The second-order valence-corrected chi connectivity index (χ2v) is 28.7. The summed E-state index contributed by atoms with van der Waals surface area (Å²) < 4.78 is 17.0. The first-order valence-corrected chi connectivity index (χ1v) is 33.1. The largest absolute Gasteiger partial charge is 0.500 e. The summed E-state index contributed by atoms with van der Waals surface area (Å²) in [4.78, 5) is 0. The molecule has 0 amide bonds. The zero-order chi connectivity index (χ0) is 54.1. The first kappa shape index (κ1) is 43.1. The van der Waals surface area contributed by atoms with Gasteiger partial charge in [0.25, 0.3) is 0 Å². The van der Waals surface area contributed by atoms with Crippen LogP contribution in [0.4, 0.5) is 0 Å². The third kappa shape index (κ3) is 4.20. The lowest BCUT2D eigenvalue weighted by molar-refractivity contribution is 0.0712. The molecule has 0 saturated carbocycles. The molecule has 0 fully saturated rings. The first-order valence-electron chi connectivity index (χ1n) is 30.5. The van der Waals surface area contributed by atoms with Gasteiger partial charge in [-0.15, -0.1) is 0 Å². The van der Waals surface area contributed by atoms with Crippen molar-refractivity contribution in [3.8, 4) is 0 Å². The van der Waals surface area contributed by atoms with Crippen LogP contribution in [0.25, 0.3) is 259 Å². The van der Waals surface area contributed by atoms with Crippen LogP contribution in [0.15, 0.2) is 133 Å². The number of thiol groups is 1. The van der Waals surface area contributed by atoms with Crippen LogP contribution in [0, 0.1) is 0 Å². The van der Waals surface area contributed by atoms with Gasteiger partial charge in [-0.25, -0.2) is 0 Å². The van der Waals surface area contributed by atoms with Crippen molar-refractivity contribution in [3.63, 3.8) is 0 Å². The molecule has 0 N–H and O–H groups in total. The van der Waals surface area contributed by atoms with E-state index in [1.54, 1.807) is 0 Å². The lowest BCUT2D eigenvalue weighted by atomic mass is 9.68. The van der Waals surface area contributed by atoms with Gasteiger partial charge in [-0.3, -0.25) is 0 Å². The van der Waals surface area contributed by atoms with Crippen LogP contribution in [-0.4, -0.2) is 34.4 Å². The van der Waals surface area contributed by atoms with Crippen molar-refractivity contribution in [1.82, 2.24) is 0 Å². The molecule has 0 unspecified atom stereocenters. The average Bonchev–Trinajstić information content (AvgIpc) is 0.629. The summed E-state index contributed by atoms with van der Waals surface area (Å²) in [7, 11) is -2.37. The minimum absolute atomic E-state index is 0.652. The Morgan fingerprint density at radius 1 is 0.238 bits per heavy atom. The number of hydrogen-bond acceptors (Lipinski definition) is 4. The molecule has 0 atom stereocenters. The van der Waals surface area contributed by atoms with Gasteiger partial charge in [-0.1, -0.05) is 60.7 Å². The van der Waals surface area contributed by atoms with Crippen molar-refractivity contribution >= 4 is 280 Å². The number of rotatable bonds is 9. The Morgan fingerprint density at radius 3 is 0.631 bits per heavy atom. The lowest BCUT2D eigenvalue weighted by Gasteiger charge is -2.34. The molecule has 0 aliphatic carbocycles. The molecule has 25 aromatic carbocycles. The van der Waals surface area contributed by atoms with Crippen LogP contribution >= 0.6 is 12.6 Å². The highest BCUT2D eigenvalue weighted by atomic mass is 32.1. The molecule has 0 aliphatic rings. The standard InChI is InChI=1S/C70H22.C9H22O3SSi/c1-3-23-11-31-19-35-15-27-7-9-29-17-37-21-33-13-25-5-2-6-26-14-34-22-38-18-30-10-8-28-16-36-20-32-12-24(4-1)39(23)53-45(31)59-49(35)55-41(27)43(29)57-51(37)61-47(33)54(40(25)26)48(34)62-52(38)58-44(30)42(28)56-50(36)60(46(32)53)63(59)69-65(55)67(57)70(64(61)62)68(58)66(56)69;1-4-10-14(11-5-2,12-6-3)9-7-8-13/h1-22H;13H,4-9H2,1-3H3. The molecule has 388 valence electrons. The van der Waals surface area contributed by atoms with Crippen LogP contribution in [0.5, 0.6) is 0 Å². The molecule has 0 aliphatic heterocycles. The van der Waals surface area contributed by atoms with Crippen molar-refractivity contribution < 1.29 is 13.3 Å². The van der Waals surface area contributed by atoms with Crippen molar-refractivity contribution in [1.29, 1.82) is 0 Å². The van der Waals surface area contributed by atoms with Gasteiger partial charge in [0.2, 0.25) is 0 Å². The summed E-state index contributed by atoms with van der Waals surface area (Å²) in [6, 6.07) is 55.5. The smallest absolute Gasteiger partial charge is 0.374 e. The molecule has 25 rings (SSSR count). The second-order valence-electron chi connectivity index (χ2n) is 25.5. The zero-order valence-corrected chi connectivity index (χ0v) is 48.0. The fourth-order valence-electron chi connectivity index (χ4n) is 19.9. The summed E-state index contributed by atoms with van der Waals surface area (Å²) in [5, 5.41) is 69.3. The maximum atomic E-state index is 5.67. The maximum Gasteiger partial charge on any atom is 0.500 e. The van der Waals surface area contributed by atoms with Crippen molar-refractivity contribution in [3.05, 3.63) is 133 Å². The number of benzene rings is 25. The predicted octanol–water partition coefficient (Wildman–Crippen LogP) is 22.7. The first-order chi connectivity index (χ1) is 41.5. The zero-order valence-electron chi connectivity index (χ0n) is 46.1. The number of hydrogen-bond donors (Lipinski definition) is 1. The lowest BCUT2D eigenvalue weighted by Crippen LogP contribution is -2.46. The Hall–Kier alpha value is -8.65. The van der Waals surface area contributed by atoms with E-state index in [1.807, 2.05) is 20.8 Å². The van der Waals surface area contributed by atoms with Crippen LogP contribution in [0.1, 0.15) is 27.2 Å². The van der Waals surface area contributed by atoms with E-state index in [4.69, 9.17) is 13.3 Å². The van der Waals surface area contributed by atoms with Crippen molar-refractivity contribution in [2.75, 3.05) is 25.6 Å². The highest BCUT2D eigenvalue weighted by Crippen LogP contribution is 2.68. The molecule has 0 bridgehead atoms. The van der Waals surface area contributed by atoms with Gasteiger partial charge in [-0.2, -0.15) is 12.6 Å². The average molecular weight is 1100 g/mol. The molecule has 5 heteroatoms. The molecule has 0 saturated heterocycles. The molecule has 0 heterocycles. The van der Waals surface area contributed by atoms with Crippen LogP contribution in [0.2, 0.25) is 6.04 Å². The Bertz CT molecular complexity index is 6230. The van der Waals surface area contributed by atoms with E-state index in [0.29, 0.717) is 19.8 Å². The summed E-state index contributed by atoms with van der Waals surface area (Å²) in [6.45, 7) is 7.87. The van der Waals surface area contributed by atoms with Crippen molar-refractivity contribution in [2.24, 2.45) is 0 Å². The molecule has 0 radical (unpaired) electrons. The molecular formula is C79H44O3SSi. The Balaban J connectivity index is 0.000000295. The maximum absolute atomic E-state index is 5.67. The molecule has 0 spiro atoms. The molecule has 25 aromatic rings. The van der Waals surface area contributed by atoms with Gasteiger partial charge >= 0.3 is 8.80 Å². The summed E-state index contributed by atoms with van der Waals surface area (Å²) in [5.41, 5.74) is 0. The summed E-state index contributed by atoms with van der Waals surface area (Å²) in [6.07, 6.45) is 0.981. The van der Waals surface area contributed by atoms with E-state index in [0.717, 1.165) is 18.2 Å². The van der Waals surface area contributed by atoms with E-state index < -0.39 is 8.80 Å². The Kier molecular flexibility index (Phi) is 6.90. The highest BCUT2D eigenvalue weighted by Gasteiger charge is 2.41. The monoisotopic (exact) mass is 1100 g/mol. The Morgan fingerprint density at radius 2 is 0.417 bits per heavy atom. The molecule has 3 nitrogen and oxygen atoms in total. The topological polar surface area (TPSA) is 27.7 Å². The summed E-state index contributed by atoms with van der Waals surface area (Å²) >= 11 is 4.19. The van der Waals surface area contributed by atoms with Gasteiger partial charge < -0.3 is 13.3 Å². The van der Waals surface area contributed by atoms with E-state index in [-0.39, 0.29) is 0 Å². The third-order valence-corrected chi connectivity index (χ3v) is 25.5. The van der Waals surface area contributed by atoms with Gasteiger partial charge in [0, 0.05) is 25.9 Å². The fraction of sp³-hybridized carbons (Fsp3) is 0.114. The minimum Gasteiger partial charge on any atom is -0.374 e. The predicted molar refractivity (Wildman–Crippen MR) is 369 cm³/mol. The molecule has 84 heavy (non-hydrogen) atoms. The van der Waals surface area contributed by atoms with Crippen molar-refractivity contribution in [2.45, 2.75) is 33.2 Å².